The Balaban J connectivity index is 1.90. The van der Waals surface area contributed by atoms with Gasteiger partial charge in [-0.05, 0) is 25.8 Å². The van der Waals surface area contributed by atoms with Gasteiger partial charge < -0.3 is 15.1 Å². The fraction of sp³-hybridized carbons (Fsp3) is 0.500. The highest BCUT2D eigenvalue weighted by atomic mass is 16.4. The third-order valence-electron chi connectivity index (χ3n) is 3.80. The zero-order chi connectivity index (χ0) is 18.3. The highest BCUT2D eigenvalue weighted by molar-refractivity contribution is 5.79. The highest BCUT2D eigenvalue weighted by Gasteiger charge is 2.18. The molecule has 0 unspecified atom stereocenters. The number of oxazole rings is 1. The van der Waals surface area contributed by atoms with Crippen molar-refractivity contribution in [2.75, 3.05) is 13.1 Å². The Labute approximate surface area is 151 Å². The van der Waals surface area contributed by atoms with Crippen molar-refractivity contribution in [1.82, 2.24) is 15.6 Å². The van der Waals surface area contributed by atoms with E-state index < -0.39 is 0 Å². The Morgan fingerprint density at radius 1 is 1.24 bits per heavy atom. The molecule has 1 heterocycles. The Kier molecular flexibility index (Phi) is 6.62. The number of aromatic nitrogens is 1. The van der Waals surface area contributed by atoms with Crippen LogP contribution in [0.5, 0.6) is 0 Å². The van der Waals surface area contributed by atoms with Gasteiger partial charge in [0.05, 0.1) is 6.20 Å². The van der Waals surface area contributed by atoms with Gasteiger partial charge in [0.1, 0.15) is 12.3 Å². The van der Waals surface area contributed by atoms with Gasteiger partial charge in [0, 0.05) is 18.5 Å². The fourth-order valence-corrected chi connectivity index (χ4v) is 2.41. The minimum Gasteiger partial charge on any atom is -0.443 e. The van der Waals surface area contributed by atoms with E-state index in [2.05, 4.69) is 79.5 Å². The first-order chi connectivity index (χ1) is 11.9. The van der Waals surface area contributed by atoms with Crippen LogP contribution in [0.2, 0.25) is 0 Å². The first kappa shape index (κ1) is 19.0. The number of aryl methyl sites for hydroxylation is 1. The van der Waals surface area contributed by atoms with Crippen LogP contribution in [0, 0.1) is 6.92 Å². The number of nitrogens with zero attached hydrogens (tertiary/aromatic N) is 2. The average molecular weight is 342 g/mol. The van der Waals surface area contributed by atoms with E-state index in [9.17, 15) is 0 Å². The predicted octanol–water partition coefficient (Wildman–Crippen LogP) is 3.58. The van der Waals surface area contributed by atoms with E-state index in [4.69, 9.17) is 4.42 Å². The molecule has 0 bridgehead atoms. The van der Waals surface area contributed by atoms with E-state index in [1.807, 2.05) is 0 Å². The standard InChI is InChI=1S/C20H30N4O/c1-6-21-19(22-11-10-16-9-7-8-15(2)12-16)24-14-18-23-13-17(25-18)20(3,4)5/h7-9,12-13H,6,10-11,14H2,1-5H3,(H2,21,22,24). The molecule has 136 valence electrons. The minimum atomic E-state index is -0.0362. The summed E-state index contributed by atoms with van der Waals surface area (Å²) in [7, 11) is 0. The number of hydrogen-bond donors (Lipinski definition) is 2. The van der Waals surface area contributed by atoms with Gasteiger partial charge in [0.2, 0.25) is 5.89 Å². The van der Waals surface area contributed by atoms with Gasteiger partial charge in [-0.15, -0.1) is 0 Å². The van der Waals surface area contributed by atoms with Crippen LogP contribution >= 0.6 is 0 Å². The summed E-state index contributed by atoms with van der Waals surface area (Å²) in [4.78, 5) is 8.89. The zero-order valence-corrected chi connectivity index (χ0v) is 16.0. The molecule has 0 aliphatic carbocycles. The summed E-state index contributed by atoms with van der Waals surface area (Å²) in [6.45, 7) is 12.6. The summed E-state index contributed by atoms with van der Waals surface area (Å²) in [6, 6.07) is 8.58. The van der Waals surface area contributed by atoms with Crippen LogP contribution in [0.1, 0.15) is 50.5 Å². The van der Waals surface area contributed by atoms with E-state index in [0.29, 0.717) is 12.4 Å². The van der Waals surface area contributed by atoms with Gasteiger partial charge in [-0.25, -0.2) is 9.98 Å². The Morgan fingerprint density at radius 2 is 2.04 bits per heavy atom. The summed E-state index contributed by atoms with van der Waals surface area (Å²) < 4.78 is 5.79. The number of rotatable bonds is 6. The quantitative estimate of drug-likeness (QED) is 0.622. The lowest BCUT2D eigenvalue weighted by Gasteiger charge is -2.13. The second-order valence-electron chi connectivity index (χ2n) is 7.23. The fourth-order valence-electron chi connectivity index (χ4n) is 2.41. The van der Waals surface area contributed by atoms with E-state index >= 15 is 0 Å². The van der Waals surface area contributed by atoms with Gasteiger partial charge in [-0.1, -0.05) is 50.6 Å². The molecule has 1 aromatic carbocycles. The van der Waals surface area contributed by atoms with Crippen molar-refractivity contribution in [3.05, 3.63) is 53.2 Å². The summed E-state index contributed by atoms with van der Waals surface area (Å²) in [6.07, 6.45) is 2.75. The minimum absolute atomic E-state index is 0.0362. The molecule has 0 amide bonds. The van der Waals surface area contributed by atoms with Crippen LogP contribution in [0.25, 0.3) is 0 Å². The summed E-state index contributed by atoms with van der Waals surface area (Å²) >= 11 is 0. The van der Waals surface area contributed by atoms with Gasteiger partial charge in [0.25, 0.3) is 0 Å². The second kappa shape index (κ2) is 8.70. The number of benzene rings is 1. The molecule has 25 heavy (non-hydrogen) atoms. The number of guanidine groups is 1. The average Bonchev–Trinajstić information content (AvgIpc) is 3.02. The smallest absolute Gasteiger partial charge is 0.216 e. The number of aliphatic imine (C=N–C) groups is 1. The summed E-state index contributed by atoms with van der Waals surface area (Å²) in [5, 5.41) is 6.62. The van der Waals surface area contributed by atoms with Crippen molar-refractivity contribution >= 4 is 5.96 Å². The van der Waals surface area contributed by atoms with E-state index in [-0.39, 0.29) is 5.41 Å². The zero-order valence-electron chi connectivity index (χ0n) is 16.0. The monoisotopic (exact) mass is 342 g/mol. The van der Waals surface area contributed by atoms with Crippen LogP contribution in [-0.4, -0.2) is 24.0 Å². The molecule has 0 fully saturated rings. The third-order valence-corrected chi connectivity index (χ3v) is 3.80. The topological polar surface area (TPSA) is 62.5 Å². The maximum absolute atomic E-state index is 5.79. The number of hydrogen-bond acceptors (Lipinski definition) is 3. The molecule has 1 aromatic heterocycles. The molecular weight excluding hydrogens is 312 g/mol. The van der Waals surface area contributed by atoms with Crippen LogP contribution in [0.4, 0.5) is 0 Å². The lowest BCUT2D eigenvalue weighted by atomic mass is 9.94. The molecule has 0 saturated carbocycles. The van der Waals surface area contributed by atoms with Crippen molar-refractivity contribution in [2.24, 2.45) is 4.99 Å². The first-order valence-corrected chi connectivity index (χ1v) is 8.91. The van der Waals surface area contributed by atoms with Crippen LogP contribution in [0.15, 0.2) is 39.9 Å². The molecule has 2 rings (SSSR count). The molecule has 5 nitrogen and oxygen atoms in total. The molecule has 0 atom stereocenters. The molecule has 0 saturated heterocycles. The van der Waals surface area contributed by atoms with Gasteiger partial charge >= 0.3 is 0 Å². The molecule has 5 heteroatoms. The predicted molar refractivity (Wildman–Crippen MR) is 103 cm³/mol. The third kappa shape index (κ3) is 6.25. The first-order valence-electron chi connectivity index (χ1n) is 8.91. The van der Waals surface area contributed by atoms with Crippen molar-refractivity contribution in [3.63, 3.8) is 0 Å². The Bertz CT molecular complexity index is 698. The molecule has 2 N–H and O–H groups in total. The van der Waals surface area contributed by atoms with Crippen LogP contribution in [0.3, 0.4) is 0 Å². The van der Waals surface area contributed by atoms with Gasteiger partial charge in [-0.3, -0.25) is 0 Å². The van der Waals surface area contributed by atoms with Crippen LogP contribution < -0.4 is 10.6 Å². The van der Waals surface area contributed by atoms with E-state index in [1.165, 1.54) is 11.1 Å². The second-order valence-corrected chi connectivity index (χ2v) is 7.23. The lowest BCUT2D eigenvalue weighted by Crippen LogP contribution is -2.38. The van der Waals surface area contributed by atoms with Gasteiger partial charge in [-0.2, -0.15) is 0 Å². The normalized spacial score (nSPS) is 12.3. The molecule has 0 radical (unpaired) electrons. The largest absolute Gasteiger partial charge is 0.443 e. The van der Waals surface area contributed by atoms with Crippen molar-refractivity contribution < 1.29 is 4.42 Å². The molecule has 0 aliphatic rings. The summed E-state index contributed by atoms with van der Waals surface area (Å²) in [5.41, 5.74) is 2.58. The van der Waals surface area contributed by atoms with Gasteiger partial charge in [0.15, 0.2) is 5.96 Å². The summed E-state index contributed by atoms with van der Waals surface area (Å²) in [5.74, 6) is 2.31. The lowest BCUT2D eigenvalue weighted by molar-refractivity contribution is 0.383. The molecule has 0 aliphatic heterocycles. The maximum atomic E-state index is 5.79. The molecular formula is C20H30N4O. The van der Waals surface area contributed by atoms with Crippen molar-refractivity contribution in [1.29, 1.82) is 0 Å². The van der Waals surface area contributed by atoms with E-state index in [0.717, 1.165) is 31.2 Å². The SMILES string of the molecule is CCNC(=NCc1ncc(C(C)(C)C)o1)NCCc1cccc(C)c1. The molecule has 0 spiro atoms. The van der Waals surface area contributed by atoms with E-state index in [1.54, 1.807) is 6.20 Å². The highest BCUT2D eigenvalue weighted by Crippen LogP contribution is 2.22. The van der Waals surface area contributed by atoms with Crippen LogP contribution in [-0.2, 0) is 18.4 Å². The Hall–Kier alpha value is -2.30. The Morgan fingerprint density at radius 3 is 2.68 bits per heavy atom. The van der Waals surface area contributed by atoms with Crippen molar-refractivity contribution in [2.45, 2.75) is 53.0 Å². The maximum Gasteiger partial charge on any atom is 0.216 e. The number of nitrogens with one attached hydrogen (secondary N) is 2. The molecule has 2 aromatic rings. The van der Waals surface area contributed by atoms with Crippen molar-refractivity contribution in [3.8, 4) is 0 Å².